The average Bonchev–Trinajstić information content (AvgIpc) is 2.80. The predicted molar refractivity (Wildman–Crippen MR) is 126 cm³/mol. The molecule has 9 heteroatoms. The van der Waals surface area contributed by atoms with Crippen molar-refractivity contribution in [2.45, 2.75) is 52.4 Å². The molecule has 0 unspecified atom stereocenters. The van der Waals surface area contributed by atoms with E-state index in [9.17, 15) is 9.59 Å². The van der Waals surface area contributed by atoms with Gasteiger partial charge in [0.15, 0.2) is 5.78 Å². The lowest BCUT2D eigenvalue weighted by Crippen LogP contribution is -2.34. The van der Waals surface area contributed by atoms with E-state index in [1.54, 1.807) is 0 Å². The molecule has 0 fully saturated rings. The van der Waals surface area contributed by atoms with Crippen LogP contribution in [0.15, 0.2) is 0 Å². The van der Waals surface area contributed by atoms with Gasteiger partial charge in [-0.05, 0) is 19.3 Å². The second-order valence-electron chi connectivity index (χ2n) is 7.62. The first-order valence-corrected chi connectivity index (χ1v) is 12.2. The van der Waals surface area contributed by atoms with Gasteiger partial charge in [-0.15, -0.1) is 0 Å². The van der Waals surface area contributed by atoms with Gasteiger partial charge in [0.2, 0.25) is 5.91 Å². The maximum absolute atomic E-state index is 11.6. The van der Waals surface area contributed by atoms with Gasteiger partial charge in [0.05, 0.1) is 46.1 Å². The molecular weight excluding hydrogens is 414 g/mol. The summed E-state index contributed by atoms with van der Waals surface area (Å²) in [6.07, 6.45) is 5.50. The van der Waals surface area contributed by atoms with Crippen molar-refractivity contribution in [2.24, 2.45) is 5.73 Å². The van der Waals surface area contributed by atoms with Crippen LogP contribution in [0, 0.1) is 0 Å². The fourth-order valence-corrected chi connectivity index (χ4v) is 2.66. The number of unbranched alkanes of at least 4 members (excludes halogenated alkanes) is 2. The summed E-state index contributed by atoms with van der Waals surface area (Å²) in [6.45, 7) is 12.1. The Labute approximate surface area is 194 Å². The normalized spacial score (nSPS) is 11.2. The number of amides is 1. The van der Waals surface area contributed by atoms with Crippen LogP contribution in [0.4, 0.5) is 0 Å². The Morgan fingerprint density at radius 1 is 0.719 bits per heavy atom. The van der Waals surface area contributed by atoms with E-state index in [-0.39, 0.29) is 24.8 Å². The average molecular weight is 462 g/mol. The molecule has 0 radical (unpaired) electrons. The van der Waals surface area contributed by atoms with E-state index in [0.29, 0.717) is 39.3 Å². The summed E-state index contributed by atoms with van der Waals surface area (Å²) in [5, 5.41) is 2.47. The summed E-state index contributed by atoms with van der Waals surface area (Å²) in [4.78, 5) is 24.9. The maximum atomic E-state index is 11.6. The van der Waals surface area contributed by atoms with Gasteiger partial charge < -0.3 is 30.0 Å². The smallest absolute Gasteiger partial charge is 0.234 e. The van der Waals surface area contributed by atoms with Crippen LogP contribution in [0.5, 0.6) is 0 Å². The van der Waals surface area contributed by atoms with Crippen molar-refractivity contribution >= 4 is 11.7 Å². The third-order valence-corrected chi connectivity index (χ3v) is 4.72. The second-order valence-corrected chi connectivity index (χ2v) is 7.62. The first-order chi connectivity index (χ1) is 15.6. The van der Waals surface area contributed by atoms with Crippen LogP contribution < -0.4 is 11.1 Å². The lowest BCUT2D eigenvalue weighted by Gasteiger charge is -2.22. The Morgan fingerprint density at radius 2 is 1.19 bits per heavy atom. The lowest BCUT2D eigenvalue weighted by atomic mass is 10.2. The van der Waals surface area contributed by atoms with E-state index >= 15 is 0 Å². The molecular formula is C23H47N3O6. The number of nitrogens with two attached hydrogens (primary N) is 1. The van der Waals surface area contributed by atoms with Gasteiger partial charge >= 0.3 is 0 Å². The van der Waals surface area contributed by atoms with Crippen molar-refractivity contribution in [1.29, 1.82) is 0 Å². The van der Waals surface area contributed by atoms with Crippen molar-refractivity contribution in [1.82, 2.24) is 10.2 Å². The zero-order chi connectivity index (χ0) is 23.7. The summed E-state index contributed by atoms with van der Waals surface area (Å²) in [6, 6.07) is 0. The van der Waals surface area contributed by atoms with Crippen molar-refractivity contribution in [3.63, 3.8) is 0 Å². The standard InChI is InChI=1S/C23H47N3O6/c1-3-5-12-29-15-9-26(10-16-30-13-6-4-2)11-17-32-19-18-31-14-7-8-22(27)21-25-23(28)20-24/h3-21,24H2,1-2H3,(H,25,28). The molecule has 0 saturated heterocycles. The molecule has 0 heterocycles. The van der Waals surface area contributed by atoms with Crippen LogP contribution >= 0.6 is 0 Å². The molecule has 0 bridgehead atoms. The van der Waals surface area contributed by atoms with Crippen LogP contribution in [0.3, 0.4) is 0 Å². The molecule has 0 aliphatic carbocycles. The van der Waals surface area contributed by atoms with Crippen LogP contribution in [0.1, 0.15) is 52.4 Å². The number of nitrogens with one attached hydrogen (secondary N) is 1. The van der Waals surface area contributed by atoms with Crippen molar-refractivity contribution < 1.29 is 28.5 Å². The minimum atomic E-state index is -0.321. The largest absolute Gasteiger partial charge is 0.380 e. The Kier molecular flexibility index (Phi) is 23.7. The topological polar surface area (TPSA) is 112 Å². The minimum Gasteiger partial charge on any atom is -0.380 e. The Morgan fingerprint density at radius 3 is 1.69 bits per heavy atom. The molecule has 0 aliphatic rings. The molecule has 9 nitrogen and oxygen atoms in total. The van der Waals surface area contributed by atoms with Crippen molar-refractivity contribution in [3.8, 4) is 0 Å². The molecule has 0 aliphatic heterocycles. The molecule has 0 spiro atoms. The van der Waals surface area contributed by atoms with Gasteiger partial charge in [-0.3, -0.25) is 14.5 Å². The van der Waals surface area contributed by atoms with Crippen LogP contribution in [-0.2, 0) is 28.5 Å². The van der Waals surface area contributed by atoms with E-state index < -0.39 is 0 Å². The monoisotopic (exact) mass is 461 g/mol. The van der Waals surface area contributed by atoms with Crippen LogP contribution in [0.2, 0.25) is 0 Å². The van der Waals surface area contributed by atoms with Gasteiger partial charge in [-0.1, -0.05) is 26.7 Å². The number of rotatable bonds is 25. The molecule has 0 aromatic heterocycles. The Bertz CT molecular complexity index is 426. The van der Waals surface area contributed by atoms with E-state index in [0.717, 1.165) is 71.7 Å². The molecule has 1 amide bonds. The number of ether oxygens (including phenoxy) is 4. The second kappa shape index (κ2) is 24.5. The fraction of sp³-hybridized carbons (Fsp3) is 0.913. The van der Waals surface area contributed by atoms with Crippen LogP contribution in [-0.4, -0.2) is 102 Å². The van der Waals surface area contributed by atoms with E-state index in [4.69, 9.17) is 24.7 Å². The van der Waals surface area contributed by atoms with Crippen molar-refractivity contribution in [3.05, 3.63) is 0 Å². The zero-order valence-electron chi connectivity index (χ0n) is 20.4. The molecule has 0 aromatic rings. The summed E-state index contributed by atoms with van der Waals surface area (Å²) in [5.74, 6) is -0.345. The number of hydrogen-bond donors (Lipinski definition) is 2. The highest BCUT2D eigenvalue weighted by Crippen LogP contribution is 1.96. The first kappa shape index (κ1) is 30.9. The highest BCUT2D eigenvalue weighted by atomic mass is 16.5. The minimum absolute atomic E-state index is 0.0240. The van der Waals surface area contributed by atoms with Crippen molar-refractivity contribution in [2.75, 3.05) is 85.6 Å². The highest BCUT2D eigenvalue weighted by Gasteiger charge is 2.06. The third kappa shape index (κ3) is 22.1. The van der Waals surface area contributed by atoms with Gasteiger partial charge in [0, 0.05) is 45.9 Å². The third-order valence-electron chi connectivity index (χ3n) is 4.72. The Hall–Kier alpha value is -1.10. The maximum Gasteiger partial charge on any atom is 0.234 e. The summed E-state index contributed by atoms with van der Waals surface area (Å²) in [5.41, 5.74) is 5.17. The Balaban J connectivity index is 3.74. The molecule has 0 aromatic carbocycles. The first-order valence-electron chi connectivity index (χ1n) is 12.2. The number of nitrogens with zero attached hydrogens (tertiary/aromatic N) is 1. The van der Waals surface area contributed by atoms with Crippen LogP contribution in [0.25, 0.3) is 0 Å². The van der Waals surface area contributed by atoms with Gasteiger partial charge in [0.25, 0.3) is 0 Å². The SMILES string of the molecule is CCCCOCCN(CCOCCCC)CCOCCOCCCC(=O)CNC(=O)CN. The predicted octanol–water partition coefficient (Wildman–Crippen LogP) is 1.38. The van der Waals surface area contributed by atoms with E-state index in [2.05, 4.69) is 24.1 Å². The number of Topliss-reactive ketones (excluding diaryl/α,β-unsaturated/α-hetero) is 1. The van der Waals surface area contributed by atoms with E-state index in [1.807, 2.05) is 0 Å². The summed E-state index contributed by atoms with van der Waals surface area (Å²) < 4.78 is 22.6. The van der Waals surface area contributed by atoms with Gasteiger partial charge in [-0.25, -0.2) is 0 Å². The molecule has 0 saturated carbocycles. The summed E-state index contributed by atoms with van der Waals surface area (Å²) in [7, 11) is 0. The summed E-state index contributed by atoms with van der Waals surface area (Å²) >= 11 is 0. The number of carbonyl (C=O) groups excluding carboxylic acids is 2. The number of carbonyl (C=O) groups is 2. The van der Waals surface area contributed by atoms with Gasteiger partial charge in [-0.2, -0.15) is 0 Å². The fourth-order valence-electron chi connectivity index (χ4n) is 2.66. The lowest BCUT2D eigenvalue weighted by molar-refractivity contribution is -0.124. The number of hydrogen-bond acceptors (Lipinski definition) is 8. The number of ketones is 1. The highest BCUT2D eigenvalue weighted by molar-refractivity contribution is 5.86. The molecule has 3 N–H and O–H groups in total. The molecule has 190 valence electrons. The zero-order valence-corrected chi connectivity index (χ0v) is 20.4. The quantitative estimate of drug-likeness (QED) is 0.196. The van der Waals surface area contributed by atoms with E-state index in [1.165, 1.54) is 0 Å². The molecule has 32 heavy (non-hydrogen) atoms. The van der Waals surface area contributed by atoms with Gasteiger partial charge in [0.1, 0.15) is 0 Å². The molecule has 0 atom stereocenters. The molecule has 0 rings (SSSR count).